The molecule has 1 aliphatic rings. The Morgan fingerprint density at radius 3 is 3.00 bits per heavy atom. The van der Waals surface area contributed by atoms with Crippen LogP contribution in [-0.2, 0) is 0 Å². The molecule has 7 heteroatoms. The lowest BCUT2D eigenvalue weighted by Crippen LogP contribution is -2.37. The van der Waals surface area contributed by atoms with E-state index < -0.39 is 5.91 Å². The number of nitrogens with two attached hydrogens (primary N) is 1. The molecule has 21 heavy (non-hydrogen) atoms. The van der Waals surface area contributed by atoms with E-state index in [2.05, 4.69) is 33.0 Å². The molecule has 0 saturated carbocycles. The molecule has 1 aliphatic heterocycles. The van der Waals surface area contributed by atoms with Gasteiger partial charge in [-0.05, 0) is 37.5 Å². The maximum Gasteiger partial charge on any atom is 0.288 e. The van der Waals surface area contributed by atoms with Gasteiger partial charge in [0.2, 0.25) is 5.82 Å². The Kier molecular flexibility index (Phi) is 3.55. The Bertz CT molecular complexity index is 652. The summed E-state index contributed by atoms with van der Waals surface area (Å²) in [4.78, 5) is 21.7. The maximum atomic E-state index is 11.1. The van der Waals surface area contributed by atoms with Crippen LogP contribution >= 0.6 is 0 Å². The van der Waals surface area contributed by atoms with Gasteiger partial charge in [-0.2, -0.15) is 0 Å². The molecule has 2 N–H and O–H groups in total. The van der Waals surface area contributed by atoms with Crippen molar-refractivity contribution in [2.24, 2.45) is 5.73 Å². The number of piperidine rings is 1. The fourth-order valence-corrected chi connectivity index (χ4v) is 2.64. The lowest BCUT2D eigenvalue weighted by Gasteiger charge is -2.33. The van der Waals surface area contributed by atoms with Crippen LogP contribution in [0.2, 0.25) is 0 Å². The standard InChI is InChI=1S/C14H18N6O/c1-10-4-5-16-12(7-10)19-6-2-3-11(8-19)20-9-17-14(18-20)13(15)21/h4-5,7,9,11H,2-3,6,8H2,1H3,(H2,15,21)/t11-/m0/s1. The fourth-order valence-electron chi connectivity index (χ4n) is 2.64. The van der Waals surface area contributed by atoms with Gasteiger partial charge in [0.25, 0.3) is 5.91 Å². The van der Waals surface area contributed by atoms with E-state index in [1.54, 1.807) is 11.0 Å². The highest BCUT2D eigenvalue weighted by Gasteiger charge is 2.23. The third-order valence-corrected chi connectivity index (χ3v) is 3.72. The lowest BCUT2D eigenvalue weighted by atomic mass is 10.1. The smallest absolute Gasteiger partial charge is 0.288 e. The van der Waals surface area contributed by atoms with Gasteiger partial charge in [-0.15, -0.1) is 5.10 Å². The molecule has 3 heterocycles. The van der Waals surface area contributed by atoms with Gasteiger partial charge in [-0.3, -0.25) is 4.79 Å². The minimum atomic E-state index is -0.596. The number of nitrogens with zero attached hydrogens (tertiary/aromatic N) is 5. The molecule has 3 rings (SSSR count). The third-order valence-electron chi connectivity index (χ3n) is 3.72. The summed E-state index contributed by atoms with van der Waals surface area (Å²) in [7, 11) is 0. The first-order valence-corrected chi connectivity index (χ1v) is 7.02. The Labute approximate surface area is 122 Å². The van der Waals surface area contributed by atoms with E-state index in [4.69, 9.17) is 5.73 Å². The van der Waals surface area contributed by atoms with E-state index in [1.807, 2.05) is 12.3 Å². The van der Waals surface area contributed by atoms with E-state index in [1.165, 1.54) is 5.56 Å². The van der Waals surface area contributed by atoms with Gasteiger partial charge in [-0.25, -0.2) is 14.6 Å². The number of amides is 1. The second-order valence-corrected chi connectivity index (χ2v) is 5.35. The Morgan fingerprint density at radius 2 is 2.29 bits per heavy atom. The summed E-state index contributed by atoms with van der Waals surface area (Å²) < 4.78 is 1.74. The highest BCUT2D eigenvalue weighted by Crippen LogP contribution is 2.24. The summed E-state index contributed by atoms with van der Waals surface area (Å²) in [5.74, 6) is 0.456. The number of aromatic nitrogens is 4. The summed E-state index contributed by atoms with van der Waals surface area (Å²) >= 11 is 0. The molecular formula is C14H18N6O. The van der Waals surface area contributed by atoms with Crippen molar-refractivity contribution in [1.29, 1.82) is 0 Å². The van der Waals surface area contributed by atoms with Gasteiger partial charge < -0.3 is 10.6 Å². The van der Waals surface area contributed by atoms with E-state index in [0.29, 0.717) is 0 Å². The van der Waals surface area contributed by atoms with E-state index in [-0.39, 0.29) is 11.9 Å². The molecule has 0 bridgehead atoms. The number of anilines is 1. The molecule has 0 aromatic carbocycles. The molecular weight excluding hydrogens is 268 g/mol. The van der Waals surface area contributed by atoms with Crippen LogP contribution in [0.15, 0.2) is 24.7 Å². The first-order chi connectivity index (χ1) is 10.1. The van der Waals surface area contributed by atoms with Gasteiger partial charge in [0, 0.05) is 19.3 Å². The van der Waals surface area contributed by atoms with Crippen molar-refractivity contribution in [2.45, 2.75) is 25.8 Å². The maximum absolute atomic E-state index is 11.1. The zero-order valence-electron chi connectivity index (χ0n) is 11.9. The lowest BCUT2D eigenvalue weighted by molar-refractivity contribution is 0.0990. The van der Waals surface area contributed by atoms with Gasteiger partial charge >= 0.3 is 0 Å². The summed E-state index contributed by atoms with van der Waals surface area (Å²) in [6.45, 7) is 3.84. The third kappa shape index (κ3) is 2.86. The Hall–Kier alpha value is -2.44. The van der Waals surface area contributed by atoms with Crippen LogP contribution in [0.25, 0.3) is 0 Å². The largest absolute Gasteiger partial charge is 0.363 e. The topological polar surface area (TPSA) is 89.9 Å². The monoisotopic (exact) mass is 286 g/mol. The Morgan fingerprint density at radius 1 is 1.43 bits per heavy atom. The summed E-state index contributed by atoms with van der Waals surface area (Å²) in [6, 6.07) is 4.25. The van der Waals surface area contributed by atoms with Crippen LogP contribution in [0.3, 0.4) is 0 Å². The first-order valence-electron chi connectivity index (χ1n) is 7.02. The van der Waals surface area contributed by atoms with Crippen molar-refractivity contribution in [3.05, 3.63) is 36.0 Å². The zero-order chi connectivity index (χ0) is 14.8. The van der Waals surface area contributed by atoms with Crippen LogP contribution in [0, 0.1) is 6.92 Å². The quantitative estimate of drug-likeness (QED) is 0.906. The molecule has 110 valence electrons. The van der Waals surface area contributed by atoms with E-state index >= 15 is 0 Å². The highest BCUT2D eigenvalue weighted by atomic mass is 16.1. The predicted molar refractivity (Wildman–Crippen MR) is 78.0 cm³/mol. The molecule has 1 amide bonds. The average Bonchev–Trinajstić information content (AvgIpc) is 2.97. The second kappa shape index (κ2) is 5.51. The second-order valence-electron chi connectivity index (χ2n) is 5.35. The van der Waals surface area contributed by atoms with Gasteiger partial charge in [-0.1, -0.05) is 0 Å². The van der Waals surface area contributed by atoms with Crippen molar-refractivity contribution >= 4 is 11.7 Å². The minimum absolute atomic E-state index is 0.0702. The average molecular weight is 286 g/mol. The molecule has 0 radical (unpaired) electrons. The van der Waals surface area contributed by atoms with Crippen LogP contribution in [0.4, 0.5) is 5.82 Å². The van der Waals surface area contributed by atoms with Crippen molar-refractivity contribution in [2.75, 3.05) is 18.0 Å². The molecule has 1 atom stereocenters. The Balaban J connectivity index is 1.77. The molecule has 7 nitrogen and oxygen atoms in total. The molecule has 2 aromatic rings. The van der Waals surface area contributed by atoms with Crippen molar-refractivity contribution in [1.82, 2.24) is 19.7 Å². The molecule has 1 saturated heterocycles. The SMILES string of the molecule is Cc1ccnc(N2CCC[C@H](n3cnc(C(N)=O)n3)C2)c1. The highest BCUT2D eigenvalue weighted by molar-refractivity contribution is 5.88. The number of carbonyl (C=O) groups excluding carboxylic acids is 1. The number of pyridine rings is 1. The summed E-state index contributed by atoms with van der Waals surface area (Å²) in [5, 5.41) is 4.16. The fraction of sp³-hybridized carbons (Fsp3) is 0.429. The number of carbonyl (C=O) groups is 1. The summed E-state index contributed by atoms with van der Waals surface area (Å²) in [5.41, 5.74) is 6.39. The number of aryl methyl sites for hydroxylation is 1. The van der Waals surface area contributed by atoms with Crippen LogP contribution < -0.4 is 10.6 Å². The van der Waals surface area contributed by atoms with Crippen molar-refractivity contribution < 1.29 is 4.79 Å². The van der Waals surface area contributed by atoms with Crippen LogP contribution in [-0.4, -0.2) is 38.7 Å². The van der Waals surface area contributed by atoms with Crippen molar-refractivity contribution in [3.63, 3.8) is 0 Å². The van der Waals surface area contributed by atoms with E-state index in [9.17, 15) is 4.79 Å². The van der Waals surface area contributed by atoms with Crippen LogP contribution in [0.1, 0.15) is 35.1 Å². The predicted octanol–water partition coefficient (Wildman–Crippen LogP) is 0.922. The molecule has 0 unspecified atom stereocenters. The molecule has 1 fully saturated rings. The number of hydrogen-bond acceptors (Lipinski definition) is 5. The molecule has 2 aromatic heterocycles. The van der Waals surface area contributed by atoms with Crippen LogP contribution in [0.5, 0.6) is 0 Å². The van der Waals surface area contributed by atoms with Gasteiger partial charge in [0.15, 0.2) is 0 Å². The normalized spacial score (nSPS) is 18.7. The van der Waals surface area contributed by atoms with Gasteiger partial charge in [0.1, 0.15) is 12.1 Å². The number of hydrogen-bond donors (Lipinski definition) is 1. The summed E-state index contributed by atoms with van der Waals surface area (Å²) in [6.07, 6.45) is 5.46. The van der Waals surface area contributed by atoms with E-state index in [0.717, 1.165) is 31.7 Å². The molecule has 0 spiro atoms. The zero-order valence-corrected chi connectivity index (χ0v) is 11.9. The van der Waals surface area contributed by atoms with Gasteiger partial charge in [0.05, 0.1) is 6.04 Å². The van der Waals surface area contributed by atoms with Crippen molar-refractivity contribution in [3.8, 4) is 0 Å². The molecule has 0 aliphatic carbocycles. The number of primary amides is 1. The number of rotatable bonds is 3. The minimum Gasteiger partial charge on any atom is -0.363 e. The first kappa shape index (κ1) is 13.5.